The monoisotopic (exact) mass is 623 g/mol. The van der Waals surface area contributed by atoms with Crippen molar-refractivity contribution >= 4 is 29.4 Å². The van der Waals surface area contributed by atoms with Crippen molar-refractivity contribution in [3.05, 3.63) is 54.6 Å². The Bertz CT molecular complexity index is 1290. The molecule has 0 aliphatic carbocycles. The lowest BCUT2D eigenvalue weighted by molar-refractivity contribution is -0.159. The van der Waals surface area contributed by atoms with E-state index in [-0.39, 0.29) is 43.3 Å². The van der Waals surface area contributed by atoms with Crippen molar-refractivity contribution in [1.29, 1.82) is 0 Å². The fourth-order valence-corrected chi connectivity index (χ4v) is 7.55. The summed E-state index contributed by atoms with van der Waals surface area (Å²) >= 11 is 0. The van der Waals surface area contributed by atoms with Crippen molar-refractivity contribution < 1.29 is 33.8 Å². The van der Waals surface area contributed by atoms with Gasteiger partial charge in [0.25, 0.3) is 5.91 Å². The number of aryl methyl sites for hydroxylation is 2. The van der Waals surface area contributed by atoms with Crippen molar-refractivity contribution in [2.45, 2.75) is 96.6 Å². The lowest BCUT2D eigenvalue weighted by Gasteiger charge is -2.40. The maximum atomic E-state index is 14.9. The average molecular weight is 624 g/mol. The van der Waals surface area contributed by atoms with Gasteiger partial charge in [0.15, 0.2) is 0 Å². The van der Waals surface area contributed by atoms with Crippen molar-refractivity contribution in [2.75, 3.05) is 24.6 Å². The third-order valence-corrected chi connectivity index (χ3v) is 9.36. The number of benzene rings is 1. The molecular weight excluding hydrogens is 574 g/mol. The second-order valence-electron chi connectivity index (χ2n) is 13.1. The second kappa shape index (κ2) is 14.3. The van der Waals surface area contributed by atoms with Crippen LogP contribution in [0.5, 0.6) is 0 Å². The lowest BCUT2D eigenvalue weighted by atomic mass is 9.70. The number of carbonyl (C=O) groups is 4. The molecule has 3 fully saturated rings. The first-order chi connectivity index (χ1) is 21.4. The van der Waals surface area contributed by atoms with E-state index >= 15 is 0 Å². The van der Waals surface area contributed by atoms with E-state index in [2.05, 4.69) is 18.5 Å². The molecule has 3 heterocycles. The summed E-state index contributed by atoms with van der Waals surface area (Å²) in [6.45, 7) is 17.1. The quantitative estimate of drug-likeness (QED) is 0.226. The maximum Gasteiger partial charge on any atom is 0.312 e. The summed E-state index contributed by atoms with van der Waals surface area (Å²) in [6.07, 6.45) is 4.33. The molecule has 3 amide bonds. The van der Waals surface area contributed by atoms with Crippen molar-refractivity contribution in [3.63, 3.8) is 0 Å². The fraction of sp³-hybridized carbons (Fsp3) is 0.600. The number of rotatable bonds is 15. The molecule has 2 N–H and O–H groups in total. The van der Waals surface area contributed by atoms with Crippen molar-refractivity contribution in [3.8, 4) is 0 Å². The minimum Gasteiger partial charge on any atom is -0.460 e. The van der Waals surface area contributed by atoms with Gasteiger partial charge in [-0.3, -0.25) is 19.2 Å². The highest BCUT2D eigenvalue weighted by atomic mass is 16.6. The summed E-state index contributed by atoms with van der Waals surface area (Å²) in [5, 5.41) is 13.3. The molecule has 246 valence electrons. The highest BCUT2D eigenvalue weighted by Gasteiger charge is 2.75. The van der Waals surface area contributed by atoms with Gasteiger partial charge in [-0.05, 0) is 63.5 Å². The Morgan fingerprint density at radius 2 is 1.89 bits per heavy atom. The van der Waals surface area contributed by atoms with E-state index in [1.165, 1.54) is 4.90 Å². The topological polar surface area (TPSA) is 125 Å². The van der Waals surface area contributed by atoms with E-state index in [9.17, 15) is 24.3 Å². The first-order valence-electron chi connectivity index (χ1n) is 16.1. The van der Waals surface area contributed by atoms with E-state index in [0.29, 0.717) is 32.1 Å². The summed E-state index contributed by atoms with van der Waals surface area (Å²) in [5.74, 6) is -3.15. The zero-order valence-corrected chi connectivity index (χ0v) is 27.3. The van der Waals surface area contributed by atoms with Gasteiger partial charge in [0.05, 0.1) is 37.1 Å². The Kier molecular flexibility index (Phi) is 10.9. The Morgan fingerprint density at radius 3 is 2.49 bits per heavy atom. The predicted octanol–water partition coefficient (Wildman–Crippen LogP) is 3.62. The zero-order chi connectivity index (χ0) is 33.1. The number of amides is 3. The van der Waals surface area contributed by atoms with Gasteiger partial charge in [0.1, 0.15) is 17.7 Å². The Hall–Kier alpha value is -3.50. The van der Waals surface area contributed by atoms with Gasteiger partial charge in [0, 0.05) is 18.7 Å². The minimum absolute atomic E-state index is 0.129. The van der Waals surface area contributed by atoms with Gasteiger partial charge in [-0.2, -0.15) is 0 Å². The van der Waals surface area contributed by atoms with Gasteiger partial charge < -0.3 is 29.7 Å². The van der Waals surface area contributed by atoms with Crippen molar-refractivity contribution in [2.24, 2.45) is 17.8 Å². The molecule has 10 heteroatoms. The number of aliphatic hydroxyl groups is 1. The number of esters is 1. The second-order valence-corrected chi connectivity index (χ2v) is 13.1. The van der Waals surface area contributed by atoms with Crippen LogP contribution < -0.4 is 10.2 Å². The number of carbonyl (C=O) groups excluding carboxylic acids is 4. The largest absolute Gasteiger partial charge is 0.460 e. The molecule has 0 unspecified atom stereocenters. The Morgan fingerprint density at radius 1 is 1.20 bits per heavy atom. The van der Waals surface area contributed by atoms with Crippen LogP contribution in [0.3, 0.4) is 0 Å². The SMILES string of the molecule is C=CCCC(=O)NC[C@@H](C)OC(=O)[C@@H]1[C@H]2C(=O)N([C@@H](CO)CC(C)C)[C@H](C(=O)N(CC=C)c3c(C)cccc3C)[C@]23CC[C@H]1O3. The molecule has 1 aromatic rings. The van der Waals surface area contributed by atoms with Gasteiger partial charge in [-0.15, -0.1) is 13.2 Å². The van der Waals surface area contributed by atoms with Crippen LogP contribution >= 0.6 is 0 Å². The summed E-state index contributed by atoms with van der Waals surface area (Å²) in [6, 6.07) is 4.12. The van der Waals surface area contributed by atoms with E-state index in [0.717, 1.165) is 16.8 Å². The van der Waals surface area contributed by atoms with Crippen molar-refractivity contribution in [1.82, 2.24) is 10.2 Å². The number of likely N-dealkylation sites (tertiary alicyclic amines) is 1. The van der Waals surface area contributed by atoms with E-state index in [1.807, 2.05) is 45.9 Å². The first kappa shape index (κ1) is 34.4. The van der Waals surface area contributed by atoms with Gasteiger partial charge in [-0.25, -0.2) is 0 Å². The molecule has 0 saturated carbocycles. The number of allylic oxidation sites excluding steroid dienone is 1. The third-order valence-electron chi connectivity index (χ3n) is 9.36. The summed E-state index contributed by atoms with van der Waals surface area (Å²) in [7, 11) is 0. The molecule has 0 radical (unpaired) electrons. The number of anilines is 1. The summed E-state index contributed by atoms with van der Waals surface area (Å²) in [5.41, 5.74) is 1.30. The summed E-state index contributed by atoms with van der Waals surface area (Å²) in [4.78, 5) is 58.3. The van der Waals surface area contributed by atoms with Gasteiger partial charge >= 0.3 is 5.97 Å². The maximum absolute atomic E-state index is 14.9. The Balaban J connectivity index is 1.70. The van der Waals surface area contributed by atoms with Crippen LogP contribution in [-0.2, 0) is 28.7 Å². The number of para-hydroxylation sites is 1. The highest BCUT2D eigenvalue weighted by molar-refractivity contribution is 6.05. The molecular formula is C35H49N3O7. The Labute approximate surface area is 266 Å². The number of aliphatic hydroxyl groups excluding tert-OH is 1. The molecule has 3 saturated heterocycles. The molecule has 10 nitrogen and oxygen atoms in total. The molecule has 7 atom stereocenters. The van der Waals surface area contributed by atoms with Crippen LogP contribution in [0.1, 0.15) is 64.0 Å². The molecule has 4 rings (SSSR count). The molecule has 45 heavy (non-hydrogen) atoms. The number of hydrogen-bond donors (Lipinski definition) is 2. The highest BCUT2D eigenvalue weighted by Crippen LogP contribution is 2.59. The number of nitrogens with zero attached hydrogens (tertiary/aromatic N) is 2. The van der Waals surface area contributed by atoms with Crippen LogP contribution in [-0.4, -0.2) is 83.3 Å². The fourth-order valence-electron chi connectivity index (χ4n) is 7.55. The van der Waals surface area contributed by atoms with Crippen LogP contribution in [0.25, 0.3) is 0 Å². The summed E-state index contributed by atoms with van der Waals surface area (Å²) < 4.78 is 12.4. The molecule has 1 spiro atoms. The van der Waals surface area contributed by atoms with Gasteiger partial charge in [-0.1, -0.05) is 44.2 Å². The standard InChI is InChI=1S/C35H49N3O7/c1-8-10-14-27(40)36-19-24(7)44-34(43)28-26-15-16-35(45-26)29(28)32(41)38(25(20-39)18-21(3)4)31(35)33(42)37(17-9-2)30-22(5)12-11-13-23(30)6/h8-9,11-13,21,24-26,28-29,31,39H,1-2,10,14-20H2,3-7H3,(H,36,40)/t24-,25-,26-,28+,29+,31-,35+/m1/s1. The zero-order valence-electron chi connectivity index (χ0n) is 27.3. The smallest absolute Gasteiger partial charge is 0.312 e. The molecule has 0 aromatic heterocycles. The molecule has 3 aliphatic heterocycles. The molecule has 2 bridgehead atoms. The van der Waals surface area contributed by atoms with E-state index < -0.39 is 47.7 Å². The number of hydrogen-bond acceptors (Lipinski definition) is 7. The number of ether oxygens (including phenoxy) is 2. The van der Waals surface area contributed by atoms with Gasteiger partial charge in [0.2, 0.25) is 11.8 Å². The minimum atomic E-state index is -1.24. The van der Waals surface area contributed by atoms with Crippen LogP contribution in [0.15, 0.2) is 43.5 Å². The van der Waals surface area contributed by atoms with Crippen LogP contribution in [0, 0.1) is 31.6 Å². The first-order valence-corrected chi connectivity index (χ1v) is 16.1. The van der Waals surface area contributed by atoms with Crippen LogP contribution in [0.4, 0.5) is 5.69 Å². The van der Waals surface area contributed by atoms with Crippen LogP contribution in [0.2, 0.25) is 0 Å². The normalized spacial score (nSPS) is 26.4. The predicted molar refractivity (Wildman–Crippen MR) is 171 cm³/mol. The third kappa shape index (κ3) is 6.58. The van der Waals surface area contributed by atoms with E-state index in [4.69, 9.17) is 9.47 Å². The van der Waals surface area contributed by atoms with E-state index in [1.54, 1.807) is 24.0 Å². The molecule has 3 aliphatic rings. The number of nitrogens with one attached hydrogen (secondary N) is 1. The molecule has 1 aromatic carbocycles. The average Bonchev–Trinajstić information content (AvgIpc) is 3.64. The number of fused-ring (bicyclic) bond motifs is 1. The lowest BCUT2D eigenvalue weighted by Crippen LogP contribution is -2.59.